The minimum absolute atomic E-state index is 0.149. The highest BCUT2D eigenvalue weighted by Crippen LogP contribution is 2.40. The zero-order valence-electron chi connectivity index (χ0n) is 9.84. The second-order valence-electron chi connectivity index (χ2n) is 4.74. The molecular formula is C14H14N2O2. The van der Waals surface area contributed by atoms with Crippen LogP contribution in [-0.4, -0.2) is 16.7 Å². The third-order valence-electron chi connectivity index (χ3n) is 3.58. The highest BCUT2D eigenvalue weighted by molar-refractivity contribution is 5.98. The average Bonchev–Trinajstić information content (AvgIpc) is 2.72. The molecule has 0 heterocycles. The van der Waals surface area contributed by atoms with Crippen molar-refractivity contribution in [3.05, 3.63) is 42.0 Å². The first-order valence-electron chi connectivity index (χ1n) is 6.06. The van der Waals surface area contributed by atoms with Crippen LogP contribution in [0.2, 0.25) is 0 Å². The minimum atomic E-state index is -0.243. The number of hydrogen-bond donors (Lipinski definition) is 2. The van der Waals surface area contributed by atoms with E-state index in [1.54, 1.807) is 12.1 Å². The van der Waals surface area contributed by atoms with E-state index in [0.29, 0.717) is 17.4 Å². The van der Waals surface area contributed by atoms with E-state index >= 15 is 0 Å². The summed E-state index contributed by atoms with van der Waals surface area (Å²) in [5.41, 5.74) is 4.12. The van der Waals surface area contributed by atoms with Gasteiger partial charge in [-0.15, -0.1) is 0 Å². The van der Waals surface area contributed by atoms with Crippen LogP contribution >= 0.6 is 0 Å². The van der Waals surface area contributed by atoms with Gasteiger partial charge in [-0.2, -0.15) is 5.10 Å². The number of fused-ring (bicyclic) bond motifs is 1. The molecule has 2 aliphatic carbocycles. The maximum absolute atomic E-state index is 11.8. The van der Waals surface area contributed by atoms with Gasteiger partial charge in [-0.1, -0.05) is 12.2 Å². The molecule has 1 amide bonds. The number of carbonyl (C=O) groups is 1. The van der Waals surface area contributed by atoms with Crippen molar-refractivity contribution >= 4 is 11.6 Å². The lowest BCUT2D eigenvalue weighted by Gasteiger charge is -2.31. The Balaban J connectivity index is 1.63. The third-order valence-corrected chi connectivity index (χ3v) is 3.58. The molecule has 3 rings (SSSR count). The van der Waals surface area contributed by atoms with Crippen LogP contribution in [0, 0.1) is 11.8 Å². The summed E-state index contributed by atoms with van der Waals surface area (Å²) in [5, 5.41) is 13.3. The summed E-state index contributed by atoms with van der Waals surface area (Å²) < 4.78 is 0. The Bertz CT molecular complexity index is 531. The number of hydrogen-bond acceptors (Lipinski definition) is 3. The highest BCUT2D eigenvalue weighted by Gasteiger charge is 2.37. The van der Waals surface area contributed by atoms with Gasteiger partial charge >= 0.3 is 0 Å². The van der Waals surface area contributed by atoms with E-state index in [2.05, 4.69) is 22.7 Å². The number of phenols is 1. The van der Waals surface area contributed by atoms with E-state index in [-0.39, 0.29) is 11.7 Å². The molecule has 0 saturated heterocycles. The standard InChI is InChI=1S/C14H14N2O2/c17-11-6-4-9(5-7-11)14(18)16-15-13-8-10-2-1-3-12(10)13/h1,3-7,10,12,17H,2,8H2,(H,16,18)/b15-13-/t10-,12-/m1/s1. The van der Waals surface area contributed by atoms with E-state index < -0.39 is 0 Å². The van der Waals surface area contributed by atoms with Crippen molar-refractivity contribution in [1.29, 1.82) is 0 Å². The lowest BCUT2D eigenvalue weighted by molar-refractivity contribution is 0.0954. The largest absolute Gasteiger partial charge is 0.508 e. The third kappa shape index (κ3) is 1.90. The Morgan fingerprint density at radius 1 is 1.33 bits per heavy atom. The lowest BCUT2D eigenvalue weighted by atomic mass is 9.74. The van der Waals surface area contributed by atoms with Gasteiger partial charge in [0.2, 0.25) is 0 Å². The molecule has 92 valence electrons. The number of benzene rings is 1. The summed E-state index contributed by atoms with van der Waals surface area (Å²) in [6.45, 7) is 0. The van der Waals surface area contributed by atoms with Gasteiger partial charge < -0.3 is 5.11 Å². The molecule has 1 aromatic carbocycles. The number of nitrogens with one attached hydrogen (secondary N) is 1. The summed E-state index contributed by atoms with van der Waals surface area (Å²) in [6.07, 6.45) is 6.46. The van der Waals surface area contributed by atoms with Crippen LogP contribution in [0.3, 0.4) is 0 Å². The van der Waals surface area contributed by atoms with Gasteiger partial charge in [0.05, 0.1) is 0 Å². The summed E-state index contributed by atoms with van der Waals surface area (Å²) in [7, 11) is 0. The fourth-order valence-electron chi connectivity index (χ4n) is 2.46. The first-order valence-corrected chi connectivity index (χ1v) is 6.06. The molecule has 1 fully saturated rings. The van der Waals surface area contributed by atoms with Gasteiger partial charge in [0.15, 0.2) is 0 Å². The first-order chi connectivity index (χ1) is 8.74. The van der Waals surface area contributed by atoms with Gasteiger partial charge in [-0.25, -0.2) is 5.43 Å². The van der Waals surface area contributed by atoms with Crippen molar-refractivity contribution in [3.8, 4) is 5.75 Å². The summed E-state index contributed by atoms with van der Waals surface area (Å²) in [6, 6.07) is 6.12. The molecule has 2 aliphatic rings. The van der Waals surface area contributed by atoms with Crippen LogP contribution in [0.4, 0.5) is 0 Å². The van der Waals surface area contributed by atoms with Crippen molar-refractivity contribution in [2.75, 3.05) is 0 Å². The minimum Gasteiger partial charge on any atom is -0.508 e. The second kappa shape index (κ2) is 4.29. The monoisotopic (exact) mass is 242 g/mol. The number of carbonyl (C=O) groups excluding carboxylic acids is 1. The number of aromatic hydroxyl groups is 1. The predicted molar refractivity (Wildman–Crippen MR) is 68.4 cm³/mol. The van der Waals surface area contributed by atoms with Crippen LogP contribution in [0.15, 0.2) is 41.5 Å². The molecule has 0 bridgehead atoms. The summed E-state index contributed by atoms with van der Waals surface area (Å²) in [4.78, 5) is 11.8. The van der Waals surface area contributed by atoms with Crippen molar-refractivity contribution in [3.63, 3.8) is 0 Å². The van der Waals surface area contributed by atoms with Gasteiger partial charge in [-0.05, 0) is 43.0 Å². The van der Waals surface area contributed by atoms with Crippen molar-refractivity contribution in [2.24, 2.45) is 16.9 Å². The molecule has 2 N–H and O–H groups in total. The average molecular weight is 242 g/mol. The Morgan fingerprint density at radius 3 is 2.83 bits per heavy atom. The number of amides is 1. The fourth-order valence-corrected chi connectivity index (χ4v) is 2.46. The van der Waals surface area contributed by atoms with Gasteiger partial charge in [-0.3, -0.25) is 4.79 Å². The molecule has 4 heteroatoms. The molecule has 18 heavy (non-hydrogen) atoms. The van der Waals surface area contributed by atoms with Crippen molar-refractivity contribution in [2.45, 2.75) is 12.8 Å². The Morgan fingerprint density at radius 2 is 2.11 bits per heavy atom. The predicted octanol–water partition coefficient (Wildman–Crippen LogP) is 2.07. The van der Waals surface area contributed by atoms with E-state index in [1.165, 1.54) is 12.1 Å². The molecule has 1 aromatic rings. The molecule has 2 atom stereocenters. The number of allylic oxidation sites excluding steroid dienone is 2. The maximum atomic E-state index is 11.8. The molecule has 4 nitrogen and oxygen atoms in total. The Hall–Kier alpha value is -2.10. The molecule has 0 radical (unpaired) electrons. The van der Waals surface area contributed by atoms with Crippen LogP contribution in [0.25, 0.3) is 0 Å². The molecular weight excluding hydrogens is 228 g/mol. The number of phenolic OH excluding ortho intramolecular Hbond substituents is 1. The van der Waals surface area contributed by atoms with E-state index in [4.69, 9.17) is 5.11 Å². The van der Waals surface area contributed by atoms with Crippen molar-refractivity contribution < 1.29 is 9.90 Å². The smallest absolute Gasteiger partial charge is 0.271 e. The Kier molecular flexibility index (Phi) is 2.63. The normalized spacial score (nSPS) is 26.8. The van der Waals surface area contributed by atoms with Crippen LogP contribution in [-0.2, 0) is 0 Å². The topological polar surface area (TPSA) is 61.7 Å². The summed E-state index contributed by atoms with van der Waals surface area (Å²) in [5.74, 6) is 1.04. The van der Waals surface area contributed by atoms with Crippen LogP contribution in [0.5, 0.6) is 5.75 Å². The maximum Gasteiger partial charge on any atom is 0.271 e. The SMILES string of the molecule is O=C(N/N=C1/C[C@H]2CC=C[C@@H]12)c1ccc(O)cc1. The molecule has 0 unspecified atom stereocenters. The molecule has 0 aliphatic heterocycles. The zero-order chi connectivity index (χ0) is 12.5. The van der Waals surface area contributed by atoms with Gasteiger partial charge in [0.25, 0.3) is 5.91 Å². The second-order valence-corrected chi connectivity index (χ2v) is 4.74. The zero-order valence-corrected chi connectivity index (χ0v) is 9.84. The van der Waals surface area contributed by atoms with E-state index in [0.717, 1.165) is 18.6 Å². The molecule has 0 spiro atoms. The number of hydrazone groups is 1. The van der Waals surface area contributed by atoms with Gasteiger partial charge in [0, 0.05) is 17.2 Å². The highest BCUT2D eigenvalue weighted by atomic mass is 16.3. The van der Waals surface area contributed by atoms with E-state index in [1.807, 2.05) is 0 Å². The first kappa shape index (κ1) is 11.0. The quantitative estimate of drug-likeness (QED) is 0.616. The lowest BCUT2D eigenvalue weighted by Crippen LogP contribution is -2.35. The molecule has 0 aromatic heterocycles. The van der Waals surface area contributed by atoms with E-state index in [9.17, 15) is 4.79 Å². The van der Waals surface area contributed by atoms with Crippen LogP contribution in [0.1, 0.15) is 23.2 Å². The molecule has 1 saturated carbocycles. The van der Waals surface area contributed by atoms with Crippen LogP contribution < -0.4 is 5.43 Å². The fraction of sp³-hybridized carbons (Fsp3) is 0.286. The Labute approximate surface area is 105 Å². The number of nitrogens with zero attached hydrogens (tertiary/aromatic N) is 1. The number of rotatable bonds is 2. The van der Waals surface area contributed by atoms with Crippen molar-refractivity contribution in [1.82, 2.24) is 5.43 Å². The van der Waals surface area contributed by atoms with Gasteiger partial charge in [0.1, 0.15) is 5.75 Å². The summed E-state index contributed by atoms with van der Waals surface area (Å²) >= 11 is 0.